The van der Waals surface area contributed by atoms with E-state index in [1.54, 1.807) is 0 Å². The lowest BCUT2D eigenvalue weighted by molar-refractivity contribution is 0.113. The Morgan fingerprint density at radius 2 is 1.15 bits per heavy atom. The molecule has 0 bridgehead atoms. The average Bonchev–Trinajstić information content (AvgIpc) is 3.54. The van der Waals surface area contributed by atoms with E-state index in [0.29, 0.717) is 13.2 Å². The number of hydrogen-bond donors (Lipinski definition) is 5. The average molecular weight is 550 g/mol. The van der Waals surface area contributed by atoms with Crippen molar-refractivity contribution in [2.75, 3.05) is 78.8 Å². The number of urea groups is 2. The molecule has 2 aliphatic heterocycles. The van der Waals surface area contributed by atoms with Crippen LogP contribution in [0.3, 0.4) is 0 Å². The van der Waals surface area contributed by atoms with Gasteiger partial charge in [-0.2, -0.15) is 0 Å². The second kappa shape index (κ2) is 16.1. The summed E-state index contributed by atoms with van der Waals surface area (Å²) in [5.74, 6) is 0. The normalized spacial score (nSPS) is 19.2. The topological polar surface area (TPSA) is 133 Å². The van der Waals surface area contributed by atoms with Crippen LogP contribution in [-0.4, -0.2) is 180 Å². The van der Waals surface area contributed by atoms with Gasteiger partial charge in [0.15, 0.2) is 0 Å². The van der Waals surface area contributed by atoms with E-state index >= 15 is 0 Å². The number of hydrogen-bond acceptors (Lipinski definition) is 7. The molecule has 2 aliphatic rings. The molecule has 11 nitrogen and oxygen atoms in total. The zero-order valence-electron chi connectivity index (χ0n) is 23.9. The molecule has 0 aromatic rings. The summed E-state index contributed by atoms with van der Waals surface area (Å²) in [5, 5.41) is -0.567. The molecular formula is C22H37B8N7O4. The van der Waals surface area contributed by atoms with E-state index in [-0.39, 0.29) is 32.3 Å². The highest BCUT2D eigenvalue weighted by Crippen LogP contribution is 2.52. The molecule has 0 unspecified atom stereocenters. The van der Waals surface area contributed by atoms with Gasteiger partial charge < -0.3 is 41.4 Å². The van der Waals surface area contributed by atoms with Gasteiger partial charge in [0.1, 0.15) is 0 Å². The van der Waals surface area contributed by atoms with Crippen LogP contribution in [0, 0.1) is 0 Å². The molecule has 0 aromatic heterocycles. The largest absolute Gasteiger partial charge is 0.378 e. The molecular weight excluding hydrogens is 513 g/mol. The maximum Gasteiger partial charge on any atom is 0.313 e. The molecule has 208 valence electrons. The molecule has 4 amide bonds. The van der Waals surface area contributed by atoms with Crippen molar-refractivity contribution in [1.82, 2.24) is 31.1 Å². The van der Waals surface area contributed by atoms with Crippen LogP contribution in [0.4, 0.5) is 9.59 Å². The number of rotatable bonds is 17. The summed E-state index contributed by atoms with van der Waals surface area (Å²) in [5.41, 5.74) is 5.88. The summed E-state index contributed by atoms with van der Waals surface area (Å²) in [6.07, 6.45) is 3.36. The molecule has 41 heavy (non-hydrogen) atoms. The fourth-order valence-electron chi connectivity index (χ4n) is 4.49. The van der Waals surface area contributed by atoms with Crippen LogP contribution in [0.2, 0.25) is 10.4 Å². The Bertz CT molecular complexity index is 838. The summed E-state index contributed by atoms with van der Waals surface area (Å²) in [7, 11) is 48.4. The van der Waals surface area contributed by atoms with Gasteiger partial charge in [-0.15, -0.1) is 10.4 Å². The van der Waals surface area contributed by atoms with Crippen molar-refractivity contribution in [2.24, 2.45) is 5.73 Å². The van der Waals surface area contributed by atoms with E-state index in [2.05, 4.69) is 31.1 Å². The molecule has 2 saturated heterocycles. The molecule has 0 spiro atoms. The van der Waals surface area contributed by atoms with E-state index in [0.717, 1.165) is 45.7 Å². The highest BCUT2D eigenvalue weighted by molar-refractivity contribution is 6.66. The molecule has 2 heterocycles. The highest BCUT2D eigenvalue weighted by Gasteiger charge is 2.52. The van der Waals surface area contributed by atoms with Crippen LogP contribution in [0.5, 0.6) is 0 Å². The minimum atomic E-state index is -2.56. The Balaban J connectivity index is 1.73. The first-order valence-electron chi connectivity index (χ1n) is 13.9. The lowest BCUT2D eigenvalue weighted by Gasteiger charge is -2.62. The Labute approximate surface area is 255 Å². The number of carbonyl (C=O) groups is 2. The van der Waals surface area contributed by atoms with E-state index in [1.807, 2.05) is 0 Å². The third-order valence-electron chi connectivity index (χ3n) is 7.37. The summed E-state index contributed by atoms with van der Waals surface area (Å²) in [4.78, 5) is 29.3. The Morgan fingerprint density at radius 1 is 0.707 bits per heavy atom. The molecule has 0 aliphatic carbocycles. The number of amides is 4. The van der Waals surface area contributed by atoms with Crippen LogP contribution < -0.4 is 27.0 Å². The van der Waals surface area contributed by atoms with Gasteiger partial charge in [0.25, 0.3) is 0 Å². The van der Waals surface area contributed by atoms with Gasteiger partial charge in [-0.3, -0.25) is 4.90 Å². The van der Waals surface area contributed by atoms with Gasteiger partial charge in [-0.1, -0.05) is 0 Å². The molecule has 16 radical (unpaired) electrons. The molecule has 0 saturated carbocycles. The minimum absolute atomic E-state index is 0.126. The van der Waals surface area contributed by atoms with Crippen LogP contribution >= 0.6 is 0 Å². The maximum absolute atomic E-state index is 12.4. The fourth-order valence-corrected chi connectivity index (χ4v) is 4.49. The molecule has 1 atom stereocenters. The second-order valence-corrected chi connectivity index (χ2v) is 10.9. The van der Waals surface area contributed by atoms with Gasteiger partial charge in [-0.05, 0) is 49.6 Å². The van der Waals surface area contributed by atoms with Gasteiger partial charge in [-0.25, -0.2) is 9.59 Å². The maximum atomic E-state index is 12.4. The smallest absolute Gasteiger partial charge is 0.313 e. The highest BCUT2D eigenvalue weighted by atomic mass is 16.5. The quantitative estimate of drug-likeness (QED) is 0.0914. The predicted molar refractivity (Wildman–Crippen MR) is 166 cm³/mol. The SMILES string of the molecule is [B]C([B])(NC(=O)NCCOCCN1CCCC1)C([B])([B])C([B])([B])C([B])([B])NC(=O)NCCOCCN1CC[C@H](N)C1. The van der Waals surface area contributed by atoms with E-state index < -0.39 is 33.2 Å². The van der Waals surface area contributed by atoms with Crippen molar-refractivity contribution >= 4 is 74.8 Å². The number of nitrogens with one attached hydrogen (secondary N) is 4. The number of nitrogens with zero attached hydrogens (tertiary/aromatic N) is 2. The van der Waals surface area contributed by atoms with Crippen molar-refractivity contribution in [3.8, 4) is 0 Å². The first-order chi connectivity index (χ1) is 19.1. The molecule has 2 rings (SSSR count). The van der Waals surface area contributed by atoms with Crippen LogP contribution in [0.15, 0.2) is 0 Å². The van der Waals surface area contributed by atoms with Crippen LogP contribution in [0.1, 0.15) is 19.3 Å². The van der Waals surface area contributed by atoms with Gasteiger partial charge in [0, 0.05) is 38.8 Å². The van der Waals surface area contributed by atoms with Gasteiger partial charge >= 0.3 is 12.1 Å². The summed E-state index contributed by atoms with van der Waals surface area (Å²) in [6.45, 7) is 7.25. The number of nitrogens with two attached hydrogens (primary N) is 1. The zero-order valence-corrected chi connectivity index (χ0v) is 23.9. The summed E-state index contributed by atoms with van der Waals surface area (Å²) in [6, 6.07) is -1.47. The molecule has 6 N–H and O–H groups in total. The Kier molecular flexibility index (Phi) is 14.1. The van der Waals surface area contributed by atoms with Crippen molar-refractivity contribution < 1.29 is 19.1 Å². The number of carbonyl (C=O) groups excluding carboxylic acids is 2. The number of likely N-dealkylation sites (tertiary alicyclic amines) is 2. The molecule has 0 aromatic carbocycles. The zero-order chi connectivity index (χ0) is 30.7. The predicted octanol–water partition coefficient (Wildman–Crippen LogP) is -4.37. The summed E-state index contributed by atoms with van der Waals surface area (Å²) < 4.78 is 11.0. The first kappa shape index (κ1) is 36.1. The van der Waals surface area contributed by atoms with Crippen LogP contribution in [0.25, 0.3) is 0 Å². The van der Waals surface area contributed by atoms with E-state index in [9.17, 15) is 9.59 Å². The first-order valence-corrected chi connectivity index (χ1v) is 13.9. The van der Waals surface area contributed by atoms with Gasteiger partial charge in [0.05, 0.1) is 89.2 Å². The second-order valence-electron chi connectivity index (χ2n) is 10.9. The fraction of sp³-hybridized carbons (Fsp3) is 0.909. The van der Waals surface area contributed by atoms with Crippen molar-refractivity contribution in [3.05, 3.63) is 0 Å². The van der Waals surface area contributed by atoms with Crippen molar-refractivity contribution in [3.63, 3.8) is 0 Å². The molecule has 2 fully saturated rings. The van der Waals surface area contributed by atoms with E-state index in [4.69, 9.17) is 78.0 Å². The third-order valence-corrected chi connectivity index (χ3v) is 7.37. The standard InChI is InChI=1S/C22H37B8N7O4/c23-19(24,21(27,28)34-17(38)32-4-11-40-13-9-36-6-1-2-7-36)20(25,26)22(29,30)35-18(39)33-5-12-41-14-10-37-8-3-16(31)15-37/h16H,1-15,31H2,(H2,32,34,38)(H2,33,35,39)/t16-/m0/s1. The number of ether oxygens (including phenoxy) is 2. The Hall–Kier alpha value is -1.14. The van der Waals surface area contributed by atoms with E-state index in [1.165, 1.54) is 12.8 Å². The lowest BCUT2D eigenvalue weighted by atomic mass is 9.14. The van der Waals surface area contributed by atoms with Crippen LogP contribution in [-0.2, 0) is 9.47 Å². The van der Waals surface area contributed by atoms with Crippen molar-refractivity contribution in [1.29, 1.82) is 0 Å². The summed E-state index contributed by atoms with van der Waals surface area (Å²) >= 11 is 0. The molecule has 19 heteroatoms. The third kappa shape index (κ3) is 10.8. The Morgan fingerprint density at radius 3 is 1.56 bits per heavy atom. The minimum Gasteiger partial charge on any atom is -0.378 e. The van der Waals surface area contributed by atoms with Gasteiger partial charge in [0.2, 0.25) is 0 Å². The monoisotopic (exact) mass is 551 g/mol. The van der Waals surface area contributed by atoms with Crippen molar-refractivity contribution in [2.45, 2.75) is 46.4 Å². The lowest BCUT2D eigenvalue weighted by Crippen LogP contribution is -2.71.